The van der Waals surface area contributed by atoms with Gasteiger partial charge in [0.25, 0.3) is 0 Å². The van der Waals surface area contributed by atoms with Crippen LogP contribution in [0.4, 0.5) is 0 Å². The molecule has 0 aromatic heterocycles. The molecule has 36 heavy (non-hydrogen) atoms. The summed E-state index contributed by atoms with van der Waals surface area (Å²) in [5.41, 5.74) is -3.61. The number of carbonyl (C=O) groups excluding carboxylic acids is 4. The maximum atomic E-state index is 12.8. The van der Waals surface area contributed by atoms with Gasteiger partial charge in [-0.15, -0.1) is 0 Å². The van der Waals surface area contributed by atoms with Crippen molar-refractivity contribution in [1.29, 1.82) is 0 Å². The van der Waals surface area contributed by atoms with Gasteiger partial charge >= 0.3 is 23.9 Å². The lowest BCUT2D eigenvalue weighted by atomic mass is 9.96. The zero-order valence-corrected chi connectivity index (χ0v) is 23.7. The highest BCUT2D eigenvalue weighted by Crippen LogP contribution is 2.34. The Morgan fingerprint density at radius 1 is 0.639 bits per heavy atom. The molecular formula is C26H44O10. The van der Waals surface area contributed by atoms with Crippen molar-refractivity contribution in [2.45, 2.75) is 114 Å². The standard InChI is InChI=1S/C26H44O10/c1-23(2,3)19(28)32-13-14(27)15-16(34-20(29)24(4,5)6)17(35-21(30)25(7,8)9)18(33-15)36-22(31)26(10,11)12/h14-18,27H,13H2,1-12H3/t14-,15?,16?,17?,18?/m0/s1. The second-order valence-electron chi connectivity index (χ2n) is 13.3. The molecule has 0 spiro atoms. The first kappa shape index (κ1) is 31.8. The minimum absolute atomic E-state index is 0.482. The predicted octanol–water partition coefficient (Wildman–Crippen LogP) is 3.17. The molecule has 1 aliphatic heterocycles. The molecule has 1 heterocycles. The summed E-state index contributed by atoms with van der Waals surface area (Å²) in [7, 11) is 0. The van der Waals surface area contributed by atoms with Crippen LogP contribution in [0, 0.1) is 21.7 Å². The van der Waals surface area contributed by atoms with Crippen LogP contribution in [0.25, 0.3) is 0 Å². The van der Waals surface area contributed by atoms with E-state index in [9.17, 15) is 24.3 Å². The molecule has 0 bridgehead atoms. The molecule has 0 saturated carbocycles. The fourth-order valence-corrected chi connectivity index (χ4v) is 2.67. The van der Waals surface area contributed by atoms with E-state index in [0.717, 1.165) is 0 Å². The molecule has 5 atom stereocenters. The van der Waals surface area contributed by atoms with Gasteiger partial charge in [0.2, 0.25) is 12.4 Å². The average molecular weight is 517 g/mol. The smallest absolute Gasteiger partial charge is 0.313 e. The average Bonchev–Trinajstić information content (AvgIpc) is 2.99. The summed E-state index contributed by atoms with van der Waals surface area (Å²) in [5, 5.41) is 10.9. The van der Waals surface area contributed by atoms with Gasteiger partial charge in [0.05, 0.1) is 21.7 Å². The van der Waals surface area contributed by atoms with Crippen molar-refractivity contribution < 1.29 is 48.0 Å². The zero-order valence-electron chi connectivity index (χ0n) is 23.7. The minimum atomic E-state index is -1.48. The van der Waals surface area contributed by atoms with Gasteiger partial charge in [-0.25, -0.2) is 0 Å². The molecule has 1 saturated heterocycles. The Balaban J connectivity index is 3.39. The Kier molecular flexibility index (Phi) is 9.77. The van der Waals surface area contributed by atoms with Crippen LogP contribution in [0.15, 0.2) is 0 Å². The first-order valence-electron chi connectivity index (χ1n) is 12.1. The van der Waals surface area contributed by atoms with Gasteiger partial charge in [0.1, 0.15) is 18.8 Å². The van der Waals surface area contributed by atoms with Crippen molar-refractivity contribution in [3.63, 3.8) is 0 Å². The molecule has 4 unspecified atom stereocenters. The number of carbonyl (C=O) groups is 4. The van der Waals surface area contributed by atoms with Gasteiger partial charge in [-0.2, -0.15) is 0 Å². The van der Waals surface area contributed by atoms with Gasteiger partial charge < -0.3 is 28.8 Å². The first-order chi connectivity index (χ1) is 16.0. The zero-order chi connectivity index (χ0) is 28.4. The molecule has 0 aromatic carbocycles. The molecular weight excluding hydrogens is 472 g/mol. The topological polar surface area (TPSA) is 135 Å². The van der Waals surface area contributed by atoms with Crippen molar-refractivity contribution in [3.05, 3.63) is 0 Å². The second kappa shape index (κ2) is 11.0. The van der Waals surface area contributed by atoms with Crippen molar-refractivity contribution in [3.8, 4) is 0 Å². The predicted molar refractivity (Wildman–Crippen MR) is 129 cm³/mol. The van der Waals surface area contributed by atoms with Gasteiger partial charge in [-0.1, -0.05) is 0 Å². The third-order valence-electron chi connectivity index (χ3n) is 5.13. The Morgan fingerprint density at radius 2 is 1.00 bits per heavy atom. The molecule has 10 heteroatoms. The third-order valence-corrected chi connectivity index (χ3v) is 5.13. The van der Waals surface area contributed by atoms with Crippen molar-refractivity contribution >= 4 is 23.9 Å². The molecule has 208 valence electrons. The Bertz CT molecular complexity index is 820. The number of hydrogen-bond donors (Lipinski definition) is 1. The summed E-state index contributed by atoms with van der Waals surface area (Å²) in [6.45, 7) is 19.2. The van der Waals surface area contributed by atoms with Crippen LogP contribution >= 0.6 is 0 Å². The van der Waals surface area contributed by atoms with E-state index in [1.807, 2.05) is 0 Å². The molecule has 10 nitrogen and oxygen atoms in total. The Labute approximate surface area is 214 Å². The fourth-order valence-electron chi connectivity index (χ4n) is 2.67. The minimum Gasteiger partial charge on any atom is -0.462 e. The van der Waals surface area contributed by atoms with Crippen LogP contribution in [0.3, 0.4) is 0 Å². The highest BCUT2D eigenvalue weighted by molar-refractivity contribution is 5.78. The summed E-state index contributed by atoms with van der Waals surface area (Å²) in [6.07, 6.45) is -6.99. The number of ether oxygens (including phenoxy) is 5. The molecule has 0 radical (unpaired) electrons. The van der Waals surface area contributed by atoms with E-state index in [4.69, 9.17) is 23.7 Å². The molecule has 0 amide bonds. The van der Waals surface area contributed by atoms with Crippen molar-refractivity contribution in [2.24, 2.45) is 21.7 Å². The lowest BCUT2D eigenvalue weighted by molar-refractivity contribution is -0.210. The lowest BCUT2D eigenvalue weighted by Crippen LogP contribution is -2.48. The highest BCUT2D eigenvalue weighted by Gasteiger charge is 2.56. The molecule has 1 rings (SSSR count). The maximum absolute atomic E-state index is 12.8. The SMILES string of the molecule is CC(C)(C)C(=O)OC[C@H](O)C1OC(OC(=O)C(C)(C)C)C(OC(=O)C(C)(C)C)C1OC(=O)C(C)(C)C. The van der Waals surface area contributed by atoms with Gasteiger partial charge in [0, 0.05) is 0 Å². The summed E-state index contributed by atoms with van der Waals surface area (Å²) in [6, 6.07) is 0. The quantitative estimate of drug-likeness (QED) is 0.414. The van der Waals surface area contributed by atoms with E-state index < -0.39 is 82.8 Å². The van der Waals surface area contributed by atoms with Crippen LogP contribution in [0.1, 0.15) is 83.1 Å². The van der Waals surface area contributed by atoms with Crippen LogP contribution in [-0.2, 0) is 42.9 Å². The van der Waals surface area contributed by atoms with E-state index in [1.165, 1.54) is 0 Å². The van der Waals surface area contributed by atoms with Gasteiger partial charge in [-0.05, 0) is 83.1 Å². The highest BCUT2D eigenvalue weighted by atomic mass is 16.8. The summed E-state index contributed by atoms with van der Waals surface area (Å²) in [4.78, 5) is 50.5. The molecule has 0 aromatic rings. The van der Waals surface area contributed by atoms with Crippen LogP contribution in [0.2, 0.25) is 0 Å². The number of aliphatic hydroxyl groups is 1. The monoisotopic (exact) mass is 516 g/mol. The summed E-state index contributed by atoms with van der Waals surface area (Å²) in [5.74, 6) is -2.52. The van der Waals surface area contributed by atoms with Crippen LogP contribution in [-0.4, -0.2) is 66.3 Å². The molecule has 1 N–H and O–H groups in total. The van der Waals surface area contributed by atoms with E-state index in [0.29, 0.717) is 0 Å². The van der Waals surface area contributed by atoms with E-state index in [2.05, 4.69) is 0 Å². The fraction of sp³-hybridized carbons (Fsp3) is 0.846. The van der Waals surface area contributed by atoms with E-state index in [1.54, 1.807) is 83.1 Å². The van der Waals surface area contributed by atoms with Gasteiger partial charge in [-0.3, -0.25) is 19.2 Å². The number of hydrogen-bond acceptors (Lipinski definition) is 10. The first-order valence-corrected chi connectivity index (χ1v) is 12.1. The third kappa shape index (κ3) is 8.73. The Hall–Kier alpha value is -2.20. The largest absolute Gasteiger partial charge is 0.462 e. The van der Waals surface area contributed by atoms with Crippen molar-refractivity contribution in [1.82, 2.24) is 0 Å². The summed E-state index contributed by atoms with van der Waals surface area (Å²) >= 11 is 0. The van der Waals surface area contributed by atoms with Crippen LogP contribution < -0.4 is 0 Å². The molecule has 1 aliphatic rings. The molecule has 1 fully saturated rings. The van der Waals surface area contributed by atoms with E-state index in [-0.39, 0.29) is 0 Å². The Morgan fingerprint density at radius 3 is 1.39 bits per heavy atom. The normalized spacial score (nSPS) is 24.0. The summed E-state index contributed by atoms with van der Waals surface area (Å²) < 4.78 is 27.9. The number of aliphatic hydroxyl groups excluding tert-OH is 1. The number of esters is 4. The second-order valence-corrected chi connectivity index (χ2v) is 13.3. The number of rotatable bonds is 6. The maximum Gasteiger partial charge on any atom is 0.313 e. The molecule has 0 aliphatic carbocycles. The van der Waals surface area contributed by atoms with Crippen LogP contribution in [0.5, 0.6) is 0 Å². The van der Waals surface area contributed by atoms with E-state index >= 15 is 0 Å². The van der Waals surface area contributed by atoms with Crippen molar-refractivity contribution in [2.75, 3.05) is 6.61 Å². The lowest BCUT2D eigenvalue weighted by Gasteiger charge is -2.30. The van der Waals surface area contributed by atoms with Gasteiger partial charge in [0.15, 0.2) is 6.10 Å².